The molecule has 112 valence electrons. The topological polar surface area (TPSA) is 54.5 Å². The van der Waals surface area contributed by atoms with Gasteiger partial charge in [-0.1, -0.05) is 13.8 Å². The van der Waals surface area contributed by atoms with Gasteiger partial charge in [-0.15, -0.1) is 0 Å². The molecule has 0 atom stereocenters. The molecule has 20 heavy (non-hydrogen) atoms. The van der Waals surface area contributed by atoms with Crippen LogP contribution in [0.4, 0.5) is 11.4 Å². The summed E-state index contributed by atoms with van der Waals surface area (Å²) >= 11 is 0. The number of nitrogens with zero attached hydrogens (tertiary/aromatic N) is 3. The minimum Gasteiger partial charge on any atom is -0.393 e. The van der Waals surface area contributed by atoms with Crippen LogP contribution in [0.15, 0.2) is 10.9 Å². The zero-order valence-corrected chi connectivity index (χ0v) is 13.0. The fourth-order valence-corrected chi connectivity index (χ4v) is 2.67. The van der Waals surface area contributed by atoms with E-state index in [1.165, 1.54) is 0 Å². The predicted molar refractivity (Wildman–Crippen MR) is 84.4 cm³/mol. The Labute approximate surface area is 121 Å². The number of rotatable bonds is 3. The van der Waals surface area contributed by atoms with E-state index in [1.54, 1.807) is 4.57 Å². The average molecular weight is 278 g/mol. The Morgan fingerprint density at radius 3 is 2.40 bits per heavy atom. The van der Waals surface area contributed by atoms with Crippen molar-refractivity contribution in [1.82, 2.24) is 9.47 Å². The second-order valence-electron chi connectivity index (χ2n) is 6.18. The van der Waals surface area contributed by atoms with Crippen LogP contribution >= 0.6 is 0 Å². The number of hydrogen-bond donors (Lipinski definition) is 1. The molecule has 0 aromatic carbocycles. The molecule has 0 amide bonds. The van der Waals surface area contributed by atoms with Crippen LogP contribution in [-0.2, 0) is 6.54 Å². The molecule has 1 saturated heterocycles. The molecule has 1 fully saturated rings. The summed E-state index contributed by atoms with van der Waals surface area (Å²) in [5.74, 6) is 0.431. The highest BCUT2D eigenvalue weighted by Gasteiger charge is 2.19. The summed E-state index contributed by atoms with van der Waals surface area (Å²) in [5, 5.41) is 0. The van der Waals surface area contributed by atoms with E-state index in [9.17, 15) is 4.79 Å². The van der Waals surface area contributed by atoms with Crippen LogP contribution in [0.25, 0.3) is 0 Å². The molecule has 1 aliphatic heterocycles. The second kappa shape index (κ2) is 5.87. The van der Waals surface area contributed by atoms with Crippen LogP contribution < -0.4 is 16.2 Å². The molecule has 0 radical (unpaired) electrons. The lowest BCUT2D eigenvalue weighted by Gasteiger charge is -2.35. The van der Waals surface area contributed by atoms with E-state index in [0.29, 0.717) is 11.6 Å². The fourth-order valence-electron chi connectivity index (χ4n) is 2.67. The minimum absolute atomic E-state index is 0.0485. The Morgan fingerprint density at radius 1 is 1.25 bits per heavy atom. The Bertz CT molecular complexity index is 527. The van der Waals surface area contributed by atoms with E-state index in [4.69, 9.17) is 5.73 Å². The van der Waals surface area contributed by atoms with Crippen molar-refractivity contribution in [2.45, 2.75) is 27.3 Å². The van der Waals surface area contributed by atoms with Gasteiger partial charge in [-0.05, 0) is 26.0 Å². The van der Waals surface area contributed by atoms with Gasteiger partial charge in [0.05, 0.1) is 5.69 Å². The van der Waals surface area contributed by atoms with Gasteiger partial charge >= 0.3 is 0 Å². The van der Waals surface area contributed by atoms with E-state index in [1.807, 2.05) is 6.92 Å². The average Bonchev–Trinajstić information content (AvgIpc) is 2.40. The number of hydrogen-bond acceptors (Lipinski definition) is 4. The van der Waals surface area contributed by atoms with Crippen molar-refractivity contribution >= 4 is 11.4 Å². The normalized spacial score (nSPS) is 16.9. The molecule has 5 heteroatoms. The van der Waals surface area contributed by atoms with Crippen molar-refractivity contribution in [1.29, 1.82) is 0 Å². The van der Waals surface area contributed by atoms with Gasteiger partial charge in [0, 0.05) is 38.4 Å². The molecule has 1 aromatic rings. The zero-order valence-electron chi connectivity index (χ0n) is 13.0. The lowest BCUT2D eigenvalue weighted by molar-refractivity contribution is 0.313. The monoisotopic (exact) mass is 278 g/mol. The van der Waals surface area contributed by atoms with E-state index in [2.05, 4.69) is 36.8 Å². The summed E-state index contributed by atoms with van der Waals surface area (Å²) < 4.78 is 1.79. The first-order chi connectivity index (χ1) is 9.40. The Hall–Kier alpha value is -1.49. The quantitative estimate of drug-likeness (QED) is 0.901. The van der Waals surface area contributed by atoms with Gasteiger partial charge in [-0.3, -0.25) is 4.79 Å². The SMILES string of the molecule is Cc1cc(N2CCN(C)CC2)c(N)c(=O)n1CC(C)C. The number of anilines is 2. The molecule has 1 aromatic heterocycles. The summed E-state index contributed by atoms with van der Waals surface area (Å²) in [6, 6.07) is 2.06. The summed E-state index contributed by atoms with van der Waals surface area (Å²) in [4.78, 5) is 17.0. The first-order valence-corrected chi connectivity index (χ1v) is 7.33. The highest BCUT2D eigenvalue weighted by molar-refractivity contribution is 5.67. The van der Waals surface area contributed by atoms with Crippen molar-refractivity contribution in [3.05, 3.63) is 22.1 Å². The molecule has 2 N–H and O–H groups in total. The van der Waals surface area contributed by atoms with Crippen molar-refractivity contribution in [2.24, 2.45) is 5.92 Å². The van der Waals surface area contributed by atoms with Crippen molar-refractivity contribution < 1.29 is 0 Å². The van der Waals surface area contributed by atoms with Gasteiger partial charge < -0.3 is 20.1 Å². The molecule has 1 aliphatic rings. The molecule has 0 bridgehead atoms. The van der Waals surface area contributed by atoms with Crippen molar-refractivity contribution in [3.8, 4) is 0 Å². The van der Waals surface area contributed by atoms with Gasteiger partial charge in [0.25, 0.3) is 5.56 Å². The van der Waals surface area contributed by atoms with Gasteiger partial charge in [-0.25, -0.2) is 0 Å². The van der Waals surface area contributed by atoms with E-state index in [0.717, 1.165) is 44.1 Å². The van der Waals surface area contributed by atoms with Gasteiger partial charge in [0.15, 0.2) is 0 Å². The first-order valence-electron chi connectivity index (χ1n) is 7.33. The number of likely N-dealkylation sites (N-methyl/N-ethyl adjacent to an activating group) is 1. The highest BCUT2D eigenvalue weighted by atomic mass is 16.1. The smallest absolute Gasteiger partial charge is 0.276 e. The summed E-state index contributed by atoms with van der Waals surface area (Å²) in [7, 11) is 2.12. The van der Waals surface area contributed by atoms with Crippen LogP contribution in [0.2, 0.25) is 0 Å². The van der Waals surface area contributed by atoms with Crippen LogP contribution in [0.1, 0.15) is 19.5 Å². The number of aryl methyl sites for hydroxylation is 1. The molecule has 0 spiro atoms. The molecular formula is C15H26N4O. The zero-order chi connectivity index (χ0) is 14.9. The van der Waals surface area contributed by atoms with Crippen LogP contribution in [0.5, 0.6) is 0 Å². The van der Waals surface area contributed by atoms with E-state index in [-0.39, 0.29) is 5.56 Å². The van der Waals surface area contributed by atoms with Gasteiger partial charge in [0.1, 0.15) is 5.69 Å². The number of piperazine rings is 1. The molecule has 0 saturated carbocycles. The Kier molecular flexibility index (Phi) is 4.38. The molecular weight excluding hydrogens is 252 g/mol. The molecule has 0 aliphatic carbocycles. The molecule has 0 unspecified atom stereocenters. The maximum atomic E-state index is 12.5. The van der Waals surface area contributed by atoms with Crippen LogP contribution in [0.3, 0.4) is 0 Å². The predicted octanol–water partition coefficient (Wildman–Crippen LogP) is 1.15. The summed E-state index contributed by atoms with van der Waals surface area (Å²) in [6.07, 6.45) is 0. The molecule has 5 nitrogen and oxygen atoms in total. The lowest BCUT2D eigenvalue weighted by atomic mass is 10.2. The standard InChI is InChI=1S/C15H26N4O/c1-11(2)10-19-12(3)9-13(14(16)15(19)20)18-7-5-17(4)6-8-18/h9,11H,5-8,10,16H2,1-4H3. The van der Waals surface area contributed by atoms with E-state index >= 15 is 0 Å². The third-order valence-electron chi connectivity index (χ3n) is 3.91. The Morgan fingerprint density at radius 2 is 1.85 bits per heavy atom. The van der Waals surface area contributed by atoms with Crippen LogP contribution in [0, 0.1) is 12.8 Å². The lowest BCUT2D eigenvalue weighted by Crippen LogP contribution is -2.45. The third-order valence-corrected chi connectivity index (χ3v) is 3.91. The van der Waals surface area contributed by atoms with Crippen molar-refractivity contribution in [3.63, 3.8) is 0 Å². The minimum atomic E-state index is -0.0485. The number of nitrogens with two attached hydrogens (primary N) is 1. The van der Waals surface area contributed by atoms with E-state index < -0.39 is 0 Å². The third kappa shape index (κ3) is 2.98. The number of pyridine rings is 1. The van der Waals surface area contributed by atoms with Crippen molar-refractivity contribution in [2.75, 3.05) is 43.9 Å². The highest BCUT2D eigenvalue weighted by Crippen LogP contribution is 2.22. The first kappa shape index (κ1) is 14.9. The number of aromatic nitrogens is 1. The maximum Gasteiger partial charge on any atom is 0.276 e. The van der Waals surface area contributed by atoms with Gasteiger partial charge in [0.2, 0.25) is 0 Å². The number of nitrogen functional groups attached to an aromatic ring is 1. The molecule has 2 rings (SSSR count). The van der Waals surface area contributed by atoms with Crippen LogP contribution in [-0.4, -0.2) is 42.7 Å². The largest absolute Gasteiger partial charge is 0.393 e. The summed E-state index contributed by atoms with van der Waals surface area (Å²) in [6.45, 7) is 10.8. The fraction of sp³-hybridized carbons (Fsp3) is 0.667. The summed E-state index contributed by atoms with van der Waals surface area (Å²) in [5.41, 5.74) is 8.34. The Balaban J connectivity index is 2.34. The maximum absolute atomic E-state index is 12.5. The second-order valence-corrected chi connectivity index (χ2v) is 6.18. The van der Waals surface area contributed by atoms with Gasteiger partial charge in [-0.2, -0.15) is 0 Å². The molecule has 2 heterocycles.